The van der Waals surface area contributed by atoms with E-state index in [0.717, 1.165) is 38.2 Å². The molecule has 2 heterocycles. The minimum atomic E-state index is -0.0372. The van der Waals surface area contributed by atoms with E-state index < -0.39 is 0 Å². The summed E-state index contributed by atoms with van der Waals surface area (Å²) in [6.07, 6.45) is 6.02. The van der Waals surface area contributed by atoms with Crippen LogP contribution in [0, 0.1) is 0 Å². The van der Waals surface area contributed by atoms with Gasteiger partial charge >= 0.3 is 0 Å². The van der Waals surface area contributed by atoms with Crippen molar-refractivity contribution in [2.75, 3.05) is 19.7 Å². The Kier molecular flexibility index (Phi) is 4.37. The molecule has 1 aliphatic heterocycles. The Morgan fingerprint density at radius 1 is 1.67 bits per heavy atom. The third-order valence-electron chi connectivity index (χ3n) is 3.70. The van der Waals surface area contributed by atoms with Crippen molar-refractivity contribution in [1.82, 2.24) is 14.9 Å². The van der Waals surface area contributed by atoms with Crippen molar-refractivity contribution in [3.63, 3.8) is 0 Å². The van der Waals surface area contributed by atoms with Gasteiger partial charge in [-0.15, -0.1) is 0 Å². The molecule has 5 heteroatoms. The number of rotatable bonds is 6. The van der Waals surface area contributed by atoms with E-state index in [1.54, 1.807) is 0 Å². The minimum Gasteiger partial charge on any atom is -0.374 e. The fraction of sp³-hybridized carbons (Fsp3) is 0.769. The first-order chi connectivity index (χ1) is 8.68. The molecule has 18 heavy (non-hydrogen) atoms. The lowest BCUT2D eigenvalue weighted by Gasteiger charge is -2.27. The van der Waals surface area contributed by atoms with E-state index in [4.69, 9.17) is 10.5 Å². The topological polar surface area (TPSA) is 65.1 Å². The zero-order chi connectivity index (χ0) is 13.0. The lowest BCUT2D eigenvalue weighted by Crippen LogP contribution is -2.41. The Morgan fingerprint density at radius 2 is 2.50 bits per heavy atom. The quantitative estimate of drug-likeness (QED) is 0.794. The zero-order valence-electron chi connectivity index (χ0n) is 11.4. The number of hydrogen-bond acceptors (Lipinski definition) is 4. The molecule has 0 bridgehead atoms. The fourth-order valence-corrected chi connectivity index (χ4v) is 2.51. The zero-order valence-corrected chi connectivity index (χ0v) is 11.4. The predicted molar refractivity (Wildman–Crippen MR) is 71.3 cm³/mol. The molecule has 0 saturated carbocycles. The summed E-state index contributed by atoms with van der Waals surface area (Å²) in [5, 5.41) is 3.52. The van der Waals surface area contributed by atoms with Crippen molar-refractivity contribution in [3.8, 4) is 0 Å². The standard InChI is InChI=1S/C13H24N4O/c1-3-17-10-15-8-12(17)11(7-14)16-9-13(2)5-4-6-18-13/h8,10-11,16H,3-7,9,14H2,1-2H3. The van der Waals surface area contributed by atoms with Crippen LogP contribution in [0.3, 0.4) is 0 Å². The second-order valence-electron chi connectivity index (χ2n) is 5.18. The number of hydrogen-bond donors (Lipinski definition) is 2. The van der Waals surface area contributed by atoms with Gasteiger partial charge in [0.2, 0.25) is 0 Å². The Balaban J connectivity index is 1.97. The summed E-state index contributed by atoms with van der Waals surface area (Å²) in [4.78, 5) is 4.20. The maximum atomic E-state index is 5.87. The summed E-state index contributed by atoms with van der Waals surface area (Å²) < 4.78 is 7.91. The molecule has 1 aromatic heterocycles. The Hall–Kier alpha value is -0.910. The highest BCUT2D eigenvalue weighted by Crippen LogP contribution is 2.25. The maximum Gasteiger partial charge on any atom is 0.0948 e. The van der Waals surface area contributed by atoms with Gasteiger partial charge in [-0.3, -0.25) is 0 Å². The molecule has 1 aromatic rings. The number of ether oxygens (including phenoxy) is 1. The fourth-order valence-electron chi connectivity index (χ4n) is 2.51. The highest BCUT2D eigenvalue weighted by atomic mass is 16.5. The van der Waals surface area contributed by atoms with Gasteiger partial charge in [-0.05, 0) is 26.7 Å². The molecule has 0 aromatic carbocycles. The van der Waals surface area contributed by atoms with E-state index in [0.29, 0.717) is 6.54 Å². The number of aromatic nitrogens is 2. The molecule has 2 atom stereocenters. The number of nitrogens with one attached hydrogen (secondary N) is 1. The summed E-state index contributed by atoms with van der Waals surface area (Å²) in [6, 6.07) is 0.147. The summed E-state index contributed by atoms with van der Waals surface area (Å²) in [5.41, 5.74) is 6.99. The van der Waals surface area contributed by atoms with E-state index in [2.05, 4.69) is 28.7 Å². The van der Waals surface area contributed by atoms with E-state index in [-0.39, 0.29) is 11.6 Å². The number of nitrogens with two attached hydrogens (primary N) is 1. The van der Waals surface area contributed by atoms with Crippen molar-refractivity contribution >= 4 is 0 Å². The van der Waals surface area contributed by atoms with Crippen LogP contribution in [0.25, 0.3) is 0 Å². The monoisotopic (exact) mass is 252 g/mol. The second-order valence-corrected chi connectivity index (χ2v) is 5.18. The van der Waals surface area contributed by atoms with Gasteiger partial charge in [0, 0.05) is 32.4 Å². The second kappa shape index (κ2) is 5.82. The van der Waals surface area contributed by atoms with Crippen LogP contribution in [0.2, 0.25) is 0 Å². The largest absolute Gasteiger partial charge is 0.374 e. The van der Waals surface area contributed by atoms with Gasteiger partial charge in [0.15, 0.2) is 0 Å². The SMILES string of the molecule is CCn1cncc1C(CN)NCC1(C)CCCO1. The van der Waals surface area contributed by atoms with Crippen LogP contribution < -0.4 is 11.1 Å². The van der Waals surface area contributed by atoms with Crippen LogP contribution in [0.1, 0.15) is 38.4 Å². The number of imidazole rings is 1. The molecule has 3 N–H and O–H groups in total. The molecule has 1 aliphatic rings. The molecule has 2 rings (SSSR count). The van der Waals surface area contributed by atoms with Crippen molar-refractivity contribution in [3.05, 3.63) is 18.2 Å². The first kappa shape index (κ1) is 13.5. The van der Waals surface area contributed by atoms with E-state index in [1.807, 2.05) is 12.5 Å². The van der Waals surface area contributed by atoms with Gasteiger partial charge in [-0.2, -0.15) is 0 Å². The summed E-state index contributed by atoms with van der Waals surface area (Å²) >= 11 is 0. The van der Waals surface area contributed by atoms with Crippen LogP contribution in [0.15, 0.2) is 12.5 Å². The van der Waals surface area contributed by atoms with E-state index >= 15 is 0 Å². The number of aryl methyl sites for hydroxylation is 1. The first-order valence-corrected chi connectivity index (χ1v) is 6.76. The lowest BCUT2D eigenvalue weighted by molar-refractivity contribution is 0.0187. The molecule has 1 fully saturated rings. The molecule has 0 amide bonds. The van der Waals surface area contributed by atoms with E-state index in [9.17, 15) is 0 Å². The van der Waals surface area contributed by atoms with Gasteiger partial charge in [-0.1, -0.05) is 0 Å². The highest BCUT2D eigenvalue weighted by molar-refractivity contribution is 5.06. The molecule has 102 valence electrons. The summed E-state index contributed by atoms with van der Waals surface area (Å²) in [5.74, 6) is 0. The summed E-state index contributed by atoms with van der Waals surface area (Å²) in [6.45, 7) is 7.48. The Morgan fingerprint density at radius 3 is 3.11 bits per heavy atom. The van der Waals surface area contributed by atoms with Gasteiger partial charge in [-0.25, -0.2) is 4.98 Å². The van der Waals surface area contributed by atoms with Crippen LogP contribution in [-0.4, -0.2) is 34.8 Å². The third-order valence-corrected chi connectivity index (χ3v) is 3.70. The highest BCUT2D eigenvalue weighted by Gasteiger charge is 2.30. The summed E-state index contributed by atoms with van der Waals surface area (Å²) in [7, 11) is 0. The Bertz CT molecular complexity index is 371. The van der Waals surface area contributed by atoms with Crippen molar-refractivity contribution in [2.45, 2.75) is 44.9 Å². The average Bonchev–Trinajstić information content (AvgIpc) is 2.99. The van der Waals surface area contributed by atoms with Crippen LogP contribution >= 0.6 is 0 Å². The van der Waals surface area contributed by atoms with Gasteiger partial charge in [0.25, 0.3) is 0 Å². The molecular formula is C13H24N4O. The number of nitrogens with zero attached hydrogens (tertiary/aromatic N) is 2. The first-order valence-electron chi connectivity index (χ1n) is 6.76. The average molecular weight is 252 g/mol. The molecule has 2 unspecified atom stereocenters. The van der Waals surface area contributed by atoms with Gasteiger partial charge < -0.3 is 20.4 Å². The van der Waals surface area contributed by atoms with Gasteiger partial charge in [0.1, 0.15) is 0 Å². The molecule has 0 spiro atoms. The molecule has 1 saturated heterocycles. The molecule has 0 radical (unpaired) electrons. The van der Waals surface area contributed by atoms with E-state index in [1.165, 1.54) is 0 Å². The van der Waals surface area contributed by atoms with Crippen LogP contribution in [-0.2, 0) is 11.3 Å². The lowest BCUT2D eigenvalue weighted by atomic mass is 10.0. The Labute approximate surface area is 109 Å². The predicted octanol–water partition coefficient (Wildman–Crippen LogP) is 1.06. The molecular weight excluding hydrogens is 228 g/mol. The smallest absolute Gasteiger partial charge is 0.0948 e. The van der Waals surface area contributed by atoms with Crippen molar-refractivity contribution < 1.29 is 4.74 Å². The normalized spacial score (nSPS) is 25.5. The molecule has 5 nitrogen and oxygen atoms in total. The van der Waals surface area contributed by atoms with Gasteiger partial charge in [0.05, 0.1) is 23.7 Å². The van der Waals surface area contributed by atoms with Crippen molar-refractivity contribution in [2.24, 2.45) is 5.73 Å². The van der Waals surface area contributed by atoms with Crippen LogP contribution in [0.5, 0.6) is 0 Å². The minimum absolute atomic E-state index is 0.0372. The third kappa shape index (κ3) is 2.91. The van der Waals surface area contributed by atoms with Crippen LogP contribution in [0.4, 0.5) is 0 Å². The molecule has 0 aliphatic carbocycles. The maximum absolute atomic E-state index is 5.87. The van der Waals surface area contributed by atoms with Crippen molar-refractivity contribution in [1.29, 1.82) is 0 Å².